The van der Waals surface area contributed by atoms with E-state index < -0.39 is 0 Å². The number of carbonyl (C=O) groups excluding carboxylic acids is 1. The van der Waals surface area contributed by atoms with Gasteiger partial charge in [-0.2, -0.15) is 0 Å². The lowest BCUT2D eigenvalue weighted by atomic mass is 9.84. The van der Waals surface area contributed by atoms with Crippen LogP contribution in [0.5, 0.6) is 11.5 Å². The Kier molecular flexibility index (Phi) is 3.94. The third-order valence-electron chi connectivity index (χ3n) is 5.27. The summed E-state index contributed by atoms with van der Waals surface area (Å²) < 4.78 is 5.78. The molecule has 0 radical (unpaired) electrons. The Morgan fingerprint density at radius 3 is 2.67 bits per heavy atom. The molecule has 3 N–H and O–H groups in total. The first-order chi connectivity index (χ1) is 11.7. The number of amides is 1. The van der Waals surface area contributed by atoms with Gasteiger partial charge in [-0.25, -0.2) is 0 Å². The second-order valence-electron chi connectivity index (χ2n) is 6.74. The van der Waals surface area contributed by atoms with Crippen molar-refractivity contribution in [3.63, 3.8) is 0 Å². The molecule has 2 saturated carbocycles. The van der Waals surface area contributed by atoms with Gasteiger partial charge >= 0.3 is 0 Å². The van der Waals surface area contributed by atoms with Gasteiger partial charge < -0.3 is 15.8 Å². The number of hydrogen-bond donors (Lipinski definition) is 2. The van der Waals surface area contributed by atoms with E-state index in [9.17, 15) is 4.79 Å². The van der Waals surface area contributed by atoms with Gasteiger partial charge in [0.05, 0.1) is 5.92 Å². The van der Waals surface area contributed by atoms with Gasteiger partial charge in [-0.3, -0.25) is 9.78 Å². The smallest absolute Gasteiger partial charge is 0.229 e. The van der Waals surface area contributed by atoms with Gasteiger partial charge in [0.15, 0.2) is 0 Å². The van der Waals surface area contributed by atoms with Crippen LogP contribution in [0.4, 0.5) is 5.69 Å². The van der Waals surface area contributed by atoms with E-state index in [1.807, 2.05) is 24.3 Å². The number of nitrogens with zero attached hydrogens (tertiary/aromatic N) is 1. The third-order valence-corrected chi connectivity index (χ3v) is 5.27. The van der Waals surface area contributed by atoms with E-state index in [0.717, 1.165) is 18.5 Å². The van der Waals surface area contributed by atoms with Crippen molar-refractivity contribution in [3.05, 3.63) is 48.8 Å². The summed E-state index contributed by atoms with van der Waals surface area (Å²) in [7, 11) is 0. The molecule has 4 rings (SSSR count). The molecular weight excluding hydrogens is 302 g/mol. The first-order valence-corrected chi connectivity index (χ1v) is 8.45. The molecule has 1 amide bonds. The van der Waals surface area contributed by atoms with Crippen LogP contribution in [0.1, 0.15) is 19.3 Å². The lowest BCUT2D eigenvalue weighted by Crippen LogP contribution is -2.42. The molecule has 2 aliphatic rings. The van der Waals surface area contributed by atoms with Crippen molar-refractivity contribution in [1.82, 2.24) is 4.98 Å². The van der Waals surface area contributed by atoms with Crippen LogP contribution < -0.4 is 15.8 Å². The minimum Gasteiger partial charge on any atom is -0.457 e. The van der Waals surface area contributed by atoms with Crippen LogP contribution in [0.2, 0.25) is 0 Å². The molecule has 1 aromatic heterocycles. The molecular formula is C19H21N3O2. The highest BCUT2D eigenvalue weighted by Gasteiger charge is 2.49. The number of carbonyl (C=O) groups is 1. The Labute approximate surface area is 141 Å². The van der Waals surface area contributed by atoms with E-state index in [2.05, 4.69) is 10.3 Å². The quantitative estimate of drug-likeness (QED) is 0.906. The van der Waals surface area contributed by atoms with Gasteiger partial charge in [0.1, 0.15) is 11.5 Å². The fourth-order valence-corrected chi connectivity index (χ4v) is 4.13. The molecule has 4 unspecified atom stereocenters. The fraction of sp³-hybridized carbons (Fsp3) is 0.368. The summed E-state index contributed by atoms with van der Waals surface area (Å²) in [6.07, 6.45) is 6.76. The van der Waals surface area contributed by atoms with Gasteiger partial charge in [0, 0.05) is 30.2 Å². The van der Waals surface area contributed by atoms with E-state index in [0.29, 0.717) is 23.3 Å². The maximum absolute atomic E-state index is 12.6. The van der Waals surface area contributed by atoms with Crippen molar-refractivity contribution in [2.75, 3.05) is 5.32 Å². The van der Waals surface area contributed by atoms with Crippen molar-refractivity contribution in [2.45, 2.75) is 25.3 Å². The zero-order chi connectivity index (χ0) is 16.5. The monoisotopic (exact) mass is 323 g/mol. The highest BCUT2D eigenvalue weighted by Crippen LogP contribution is 2.47. The highest BCUT2D eigenvalue weighted by molar-refractivity contribution is 5.93. The predicted molar refractivity (Wildman–Crippen MR) is 91.7 cm³/mol. The second kappa shape index (κ2) is 6.24. The molecule has 0 saturated heterocycles. The van der Waals surface area contributed by atoms with Gasteiger partial charge in [0.2, 0.25) is 5.91 Å². The molecule has 2 fully saturated rings. The normalized spacial score (nSPS) is 27.9. The minimum absolute atomic E-state index is 0.00000131. The number of rotatable bonds is 4. The number of anilines is 1. The SMILES string of the molecule is NC1C2CCC(C2)C1C(=O)Nc1cccc(Oc2ccncc2)c1. The van der Waals surface area contributed by atoms with Gasteiger partial charge in [-0.1, -0.05) is 6.07 Å². The number of benzene rings is 1. The van der Waals surface area contributed by atoms with Crippen molar-refractivity contribution < 1.29 is 9.53 Å². The maximum atomic E-state index is 12.6. The summed E-state index contributed by atoms with van der Waals surface area (Å²) in [5.74, 6) is 2.33. The van der Waals surface area contributed by atoms with Crippen molar-refractivity contribution in [3.8, 4) is 11.5 Å². The fourth-order valence-electron chi connectivity index (χ4n) is 4.13. The molecule has 0 spiro atoms. The predicted octanol–water partition coefficient (Wildman–Crippen LogP) is 3.19. The first-order valence-electron chi connectivity index (χ1n) is 8.45. The first kappa shape index (κ1) is 15.1. The van der Waals surface area contributed by atoms with Crippen molar-refractivity contribution >= 4 is 11.6 Å². The maximum Gasteiger partial charge on any atom is 0.229 e. The van der Waals surface area contributed by atoms with E-state index in [1.54, 1.807) is 24.5 Å². The zero-order valence-corrected chi connectivity index (χ0v) is 13.4. The number of aromatic nitrogens is 1. The summed E-state index contributed by atoms with van der Waals surface area (Å²) in [6, 6.07) is 11.0. The van der Waals surface area contributed by atoms with Crippen molar-refractivity contribution in [2.24, 2.45) is 23.5 Å². The number of fused-ring (bicyclic) bond motifs is 2. The molecule has 2 aromatic rings. The number of nitrogens with two attached hydrogens (primary N) is 1. The Bertz CT molecular complexity index is 732. The molecule has 4 atom stereocenters. The lowest BCUT2D eigenvalue weighted by Gasteiger charge is -2.27. The van der Waals surface area contributed by atoms with Crippen LogP contribution in [0.25, 0.3) is 0 Å². The number of hydrogen-bond acceptors (Lipinski definition) is 4. The highest BCUT2D eigenvalue weighted by atomic mass is 16.5. The van der Waals surface area contributed by atoms with Crippen LogP contribution in [0.15, 0.2) is 48.8 Å². The van der Waals surface area contributed by atoms with Gasteiger partial charge in [-0.05, 0) is 55.4 Å². The Morgan fingerprint density at radius 2 is 1.92 bits per heavy atom. The third kappa shape index (κ3) is 2.87. The molecule has 24 heavy (non-hydrogen) atoms. The van der Waals surface area contributed by atoms with E-state index in [-0.39, 0.29) is 17.9 Å². The van der Waals surface area contributed by atoms with Crippen LogP contribution in [0, 0.1) is 17.8 Å². The number of nitrogens with one attached hydrogen (secondary N) is 1. The summed E-state index contributed by atoms with van der Waals surface area (Å²) >= 11 is 0. The molecule has 5 nitrogen and oxygen atoms in total. The molecule has 2 aliphatic carbocycles. The standard InChI is InChI=1S/C19H21N3O2/c20-18-13-5-4-12(10-13)17(18)19(23)22-14-2-1-3-16(11-14)24-15-6-8-21-9-7-15/h1-3,6-9,11-13,17-18H,4-5,10,20H2,(H,22,23). The number of pyridine rings is 1. The average Bonchev–Trinajstić information content (AvgIpc) is 3.17. The Balaban J connectivity index is 1.45. The van der Waals surface area contributed by atoms with E-state index >= 15 is 0 Å². The van der Waals surface area contributed by atoms with Gasteiger partial charge in [0.25, 0.3) is 0 Å². The summed E-state index contributed by atoms with van der Waals surface area (Å²) in [5, 5.41) is 3.01. The largest absolute Gasteiger partial charge is 0.457 e. The second-order valence-corrected chi connectivity index (χ2v) is 6.74. The van der Waals surface area contributed by atoms with Crippen LogP contribution in [0.3, 0.4) is 0 Å². The summed E-state index contributed by atoms with van der Waals surface area (Å²) in [6.45, 7) is 0. The average molecular weight is 323 g/mol. The Hall–Kier alpha value is -2.40. The molecule has 124 valence electrons. The van der Waals surface area contributed by atoms with Crippen LogP contribution in [-0.4, -0.2) is 16.9 Å². The molecule has 1 heterocycles. The van der Waals surface area contributed by atoms with Gasteiger partial charge in [-0.15, -0.1) is 0 Å². The Morgan fingerprint density at radius 1 is 1.12 bits per heavy atom. The molecule has 1 aromatic carbocycles. The zero-order valence-electron chi connectivity index (χ0n) is 13.4. The van der Waals surface area contributed by atoms with E-state index in [4.69, 9.17) is 10.5 Å². The molecule has 0 aliphatic heterocycles. The topological polar surface area (TPSA) is 77.2 Å². The van der Waals surface area contributed by atoms with Crippen LogP contribution >= 0.6 is 0 Å². The van der Waals surface area contributed by atoms with E-state index in [1.165, 1.54) is 6.42 Å². The molecule has 5 heteroatoms. The molecule has 2 bridgehead atoms. The van der Waals surface area contributed by atoms with Crippen LogP contribution in [-0.2, 0) is 4.79 Å². The summed E-state index contributed by atoms with van der Waals surface area (Å²) in [5.41, 5.74) is 7.00. The number of ether oxygens (including phenoxy) is 1. The minimum atomic E-state index is -0.0616. The lowest BCUT2D eigenvalue weighted by molar-refractivity contribution is -0.121. The van der Waals surface area contributed by atoms with Crippen molar-refractivity contribution in [1.29, 1.82) is 0 Å². The summed E-state index contributed by atoms with van der Waals surface area (Å²) in [4.78, 5) is 16.6.